The van der Waals surface area contributed by atoms with Crippen LogP contribution in [-0.2, 0) is 6.54 Å². The molecule has 1 aliphatic rings. The number of rotatable bonds is 4. The molecule has 29 heavy (non-hydrogen) atoms. The smallest absolute Gasteiger partial charge is 0.0710 e. The van der Waals surface area contributed by atoms with Crippen molar-refractivity contribution in [1.29, 1.82) is 0 Å². The third kappa shape index (κ3) is 6.33. The zero-order valence-corrected chi connectivity index (χ0v) is 19.0. The summed E-state index contributed by atoms with van der Waals surface area (Å²) in [6.07, 6.45) is 5.85. The van der Waals surface area contributed by atoms with Crippen LogP contribution in [0.2, 0.25) is 0 Å². The van der Waals surface area contributed by atoms with Gasteiger partial charge >= 0.3 is 0 Å². The second kappa shape index (κ2) is 9.33. The lowest BCUT2D eigenvalue weighted by molar-refractivity contribution is 0.238. The van der Waals surface area contributed by atoms with Crippen LogP contribution in [0.3, 0.4) is 0 Å². The molecule has 3 heterocycles. The van der Waals surface area contributed by atoms with Crippen LogP contribution in [0.1, 0.15) is 52.7 Å². The normalized spacial score (nSPS) is 17.4. The summed E-state index contributed by atoms with van der Waals surface area (Å²) in [6, 6.07) is 13.3. The molecule has 1 aromatic carbocycles. The number of pyridine rings is 1. The highest BCUT2D eigenvalue weighted by Crippen LogP contribution is 2.26. The second-order valence-corrected chi connectivity index (χ2v) is 9.56. The molecular weight excluding hydrogens is 376 g/mol. The van der Waals surface area contributed by atoms with Crippen molar-refractivity contribution < 1.29 is 0 Å². The molecule has 5 heteroatoms. The van der Waals surface area contributed by atoms with Gasteiger partial charge in [-0.15, -0.1) is 12.6 Å². The Hall–Kier alpha value is -1.82. The summed E-state index contributed by atoms with van der Waals surface area (Å²) in [7, 11) is 0. The number of hydrogen-bond donors (Lipinski definition) is 3. The maximum Gasteiger partial charge on any atom is 0.0710 e. The molecule has 0 bridgehead atoms. The molecule has 0 spiro atoms. The van der Waals surface area contributed by atoms with Gasteiger partial charge in [0, 0.05) is 39.7 Å². The number of likely N-dealkylation sites (tertiary alicyclic amines) is 1. The highest BCUT2D eigenvalue weighted by Gasteiger charge is 2.23. The van der Waals surface area contributed by atoms with E-state index in [-0.39, 0.29) is 5.54 Å². The molecule has 0 amide bonds. The van der Waals surface area contributed by atoms with Gasteiger partial charge in [-0.1, -0.05) is 19.1 Å². The largest absolute Gasteiger partial charge is 0.356 e. The summed E-state index contributed by atoms with van der Waals surface area (Å²) in [5, 5.41) is 1.23. The van der Waals surface area contributed by atoms with Crippen molar-refractivity contribution in [2.24, 2.45) is 5.73 Å². The Labute approximate surface area is 180 Å². The number of nitrogens with zero attached hydrogens (tertiary/aromatic N) is 2. The zero-order chi connectivity index (χ0) is 21.0. The fourth-order valence-electron chi connectivity index (χ4n) is 3.78. The molecule has 1 fully saturated rings. The first kappa shape index (κ1) is 21.9. The highest BCUT2D eigenvalue weighted by atomic mass is 32.1. The zero-order valence-electron chi connectivity index (χ0n) is 18.1. The summed E-state index contributed by atoms with van der Waals surface area (Å²) >= 11 is 4.42. The average Bonchev–Trinajstić information content (AvgIpc) is 3.25. The van der Waals surface area contributed by atoms with E-state index >= 15 is 0 Å². The van der Waals surface area contributed by atoms with E-state index in [1.54, 1.807) is 0 Å². The average molecular weight is 411 g/mol. The van der Waals surface area contributed by atoms with E-state index in [4.69, 9.17) is 5.73 Å². The van der Waals surface area contributed by atoms with E-state index in [0.717, 1.165) is 34.3 Å². The molecule has 1 saturated heterocycles. The minimum Gasteiger partial charge on any atom is -0.356 e. The molecule has 1 aliphatic heterocycles. The molecular formula is C24H34N4S. The van der Waals surface area contributed by atoms with Crippen LogP contribution in [0.4, 0.5) is 0 Å². The van der Waals surface area contributed by atoms with Crippen LogP contribution in [0.15, 0.2) is 47.5 Å². The van der Waals surface area contributed by atoms with Crippen molar-refractivity contribution in [3.63, 3.8) is 0 Å². The van der Waals surface area contributed by atoms with Crippen LogP contribution in [-0.4, -0.2) is 33.0 Å². The Morgan fingerprint density at radius 1 is 1.24 bits per heavy atom. The number of nitrogens with one attached hydrogen (secondary N) is 1. The number of aromatic amines is 1. The van der Waals surface area contributed by atoms with E-state index in [1.165, 1.54) is 36.9 Å². The van der Waals surface area contributed by atoms with Crippen molar-refractivity contribution >= 4 is 23.5 Å². The van der Waals surface area contributed by atoms with E-state index in [9.17, 15) is 0 Å². The second-order valence-electron chi connectivity index (χ2n) is 9.04. The topological polar surface area (TPSA) is 57.9 Å². The third-order valence-electron chi connectivity index (χ3n) is 5.05. The molecule has 0 aliphatic carbocycles. The monoisotopic (exact) mass is 410 g/mol. The summed E-state index contributed by atoms with van der Waals surface area (Å²) < 4.78 is 0. The van der Waals surface area contributed by atoms with Crippen molar-refractivity contribution in [2.45, 2.75) is 70.0 Å². The van der Waals surface area contributed by atoms with Gasteiger partial charge in [0.1, 0.15) is 0 Å². The lowest BCUT2D eigenvalue weighted by Gasteiger charge is -2.22. The van der Waals surface area contributed by atoms with Gasteiger partial charge in [0.15, 0.2) is 0 Å². The van der Waals surface area contributed by atoms with Gasteiger partial charge in [-0.2, -0.15) is 0 Å². The number of aromatic nitrogens is 2. The standard InChI is InChI=1S/C20H23N3S.C4H11N/c1-2-17-6-4-8-23(17)13-16-9-15-11-19(21-12-20(15)22-16)14-5-3-7-18(24)10-14;1-4(2,3)5/h3,5,7,9-12,17,22,24H,2,4,6,8,13H2,1H3;5H2,1-3H3. The Kier molecular flexibility index (Phi) is 7.04. The van der Waals surface area contributed by atoms with Crippen LogP contribution in [0.25, 0.3) is 22.2 Å². The molecule has 0 saturated carbocycles. The molecule has 1 atom stereocenters. The summed E-state index contributed by atoms with van der Waals surface area (Å²) in [4.78, 5) is 11.7. The van der Waals surface area contributed by atoms with E-state index in [0.29, 0.717) is 0 Å². The molecule has 3 N–H and O–H groups in total. The Morgan fingerprint density at radius 3 is 2.69 bits per heavy atom. The van der Waals surface area contributed by atoms with Crippen molar-refractivity contribution in [1.82, 2.24) is 14.9 Å². The number of hydrogen-bond acceptors (Lipinski definition) is 4. The molecule has 4 rings (SSSR count). The Morgan fingerprint density at radius 2 is 2.00 bits per heavy atom. The minimum atomic E-state index is 0. The first-order valence-electron chi connectivity index (χ1n) is 10.5. The molecule has 0 radical (unpaired) electrons. The summed E-state index contributed by atoms with van der Waals surface area (Å²) in [5.74, 6) is 0. The van der Waals surface area contributed by atoms with E-state index in [2.05, 4.69) is 58.7 Å². The Bertz CT molecular complexity index is 935. The van der Waals surface area contributed by atoms with Crippen LogP contribution in [0, 0.1) is 0 Å². The molecule has 3 aromatic rings. The molecule has 1 unspecified atom stereocenters. The minimum absolute atomic E-state index is 0. The van der Waals surface area contributed by atoms with Crippen molar-refractivity contribution in [2.75, 3.05) is 6.54 Å². The number of nitrogens with two attached hydrogens (primary N) is 1. The third-order valence-corrected chi connectivity index (χ3v) is 5.32. The lowest BCUT2D eigenvalue weighted by Crippen LogP contribution is -2.28. The number of fused-ring (bicyclic) bond motifs is 1. The van der Waals surface area contributed by atoms with Crippen molar-refractivity contribution in [3.05, 3.63) is 48.3 Å². The quantitative estimate of drug-likeness (QED) is 0.488. The van der Waals surface area contributed by atoms with Gasteiger partial charge in [-0.05, 0) is 70.8 Å². The van der Waals surface area contributed by atoms with Gasteiger partial charge in [-0.25, -0.2) is 0 Å². The van der Waals surface area contributed by atoms with Gasteiger partial charge < -0.3 is 10.7 Å². The highest BCUT2D eigenvalue weighted by molar-refractivity contribution is 7.80. The maximum absolute atomic E-state index is 5.35. The van der Waals surface area contributed by atoms with Crippen LogP contribution < -0.4 is 5.73 Å². The van der Waals surface area contributed by atoms with Crippen LogP contribution in [0.5, 0.6) is 0 Å². The molecule has 156 valence electrons. The fourth-order valence-corrected chi connectivity index (χ4v) is 4.01. The van der Waals surface area contributed by atoms with Gasteiger partial charge in [0.25, 0.3) is 0 Å². The predicted octanol–water partition coefficient (Wildman–Crippen LogP) is 5.64. The molecule has 2 aromatic heterocycles. The fraction of sp³-hybridized carbons (Fsp3) is 0.458. The maximum atomic E-state index is 5.35. The molecule has 4 nitrogen and oxygen atoms in total. The van der Waals surface area contributed by atoms with Crippen LogP contribution >= 0.6 is 12.6 Å². The van der Waals surface area contributed by atoms with Gasteiger partial charge in [-0.3, -0.25) is 9.88 Å². The Balaban J connectivity index is 0.000000431. The predicted molar refractivity (Wildman–Crippen MR) is 126 cm³/mol. The number of H-pyrrole nitrogens is 1. The lowest BCUT2D eigenvalue weighted by atomic mass is 10.1. The first-order valence-corrected chi connectivity index (χ1v) is 11.0. The van der Waals surface area contributed by atoms with Crippen molar-refractivity contribution in [3.8, 4) is 11.3 Å². The summed E-state index contributed by atoms with van der Waals surface area (Å²) in [5.41, 5.74) is 9.86. The first-order chi connectivity index (χ1) is 13.7. The van der Waals surface area contributed by atoms with Gasteiger partial charge in [0.2, 0.25) is 0 Å². The SMILES string of the molecule is CC(C)(C)N.CCC1CCCN1Cc1cc2cc(-c3cccc(S)c3)ncc2[nH]1. The number of benzene rings is 1. The van der Waals surface area contributed by atoms with Gasteiger partial charge in [0.05, 0.1) is 17.4 Å². The number of thiol groups is 1. The van der Waals surface area contributed by atoms with E-state index in [1.807, 2.05) is 39.1 Å². The summed E-state index contributed by atoms with van der Waals surface area (Å²) in [6.45, 7) is 10.4. The van der Waals surface area contributed by atoms with E-state index < -0.39 is 0 Å².